The van der Waals surface area contributed by atoms with Crippen molar-refractivity contribution in [3.05, 3.63) is 52.8 Å². The highest BCUT2D eigenvalue weighted by Gasteiger charge is 2.07. The van der Waals surface area contributed by atoms with Gasteiger partial charge in [0.1, 0.15) is 0 Å². The Morgan fingerprint density at radius 3 is 2.56 bits per heavy atom. The van der Waals surface area contributed by atoms with Crippen LogP contribution < -0.4 is 0 Å². The summed E-state index contributed by atoms with van der Waals surface area (Å²) in [5.41, 5.74) is 3.64. The number of hydrogen-bond donors (Lipinski definition) is 0. The van der Waals surface area contributed by atoms with Crippen molar-refractivity contribution in [2.24, 2.45) is 0 Å². The maximum absolute atomic E-state index is 11.3. The van der Waals surface area contributed by atoms with Crippen molar-refractivity contribution in [2.45, 2.75) is 21.3 Å². The summed E-state index contributed by atoms with van der Waals surface area (Å²) in [6, 6.07) is 7.58. The van der Waals surface area contributed by atoms with E-state index in [9.17, 15) is 4.79 Å². The van der Waals surface area contributed by atoms with Crippen molar-refractivity contribution in [3.8, 4) is 11.1 Å². The molecule has 0 aliphatic heterocycles. The Bertz CT molecular complexity index is 578. The van der Waals surface area contributed by atoms with E-state index in [1.165, 1.54) is 0 Å². The molecule has 0 N–H and O–H groups in total. The van der Waals surface area contributed by atoms with Gasteiger partial charge in [-0.25, -0.2) is 0 Å². The minimum Gasteiger partial charge on any atom is -0.295 e. The first-order chi connectivity index (χ1) is 8.09. The van der Waals surface area contributed by atoms with E-state index in [4.69, 9.17) is 11.6 Å². The second-order valence-corrected chi connectivity index (χ2v) is 4.35. The Balaban J connectivity index is 0.00000162. The number of Topliss-reactive ketones (excluding diaryl/α,β-unsaturated/α-hetero) is 1. The fourth-order valence-electron chi connectivity index (χ4n) is 1.84. The van der Waals surface area contributed by atoms with Crippen LogP contribution in [-0.2, 0) is 0 Å². The van der Waals surface area contributed by atoms with Gasteiger partial charge in [0, 0.05) is 23.5 Å². The fraction of sp³-hybridized carbons (Fsp3) is 0.200. The summed E-state index contributed by atoms with van der Waals surface area (Å²) in [5, 5.41) is 0.613. The molecule has 0 unspecified atom stereocenters. The predicted octanol–water partition coefficient (Wildman–Crippen LogP) is 4.55. The molecule has 0 spiro atoms. The minimum absolute atomic E-state index is 0. The summed E-state index contributed by atoms with van der Waals surface area (Å²) in [4.78, 5) is 15.3. The molecule has 1 heterocycles. The zero-order valence-corrected chi connectivity index (χ0v) is 10.5. The monoisotopic (exact) mass is 261 g/mol. The molecule has 1 aromatic carbocycles. The largest absolute Gasteiger partial charge is 0.295 e. The number of aromatic nitrogens is 1. The van der Waals surface area contributed by atoms with Crippen LogP contribution in [0, 0.1) is 6.92 Å². The molecule has 94 valence electrons. The Kier molecular flexibility index (Phi) is 4.62. The lowest BCUT2D eigenvalue weighted by Gasteiger charge is -2.07. The summed E-state index contributed by atoms with van der Waals surface area (Å²) in [6.45, 7) is 3.50. The molecule has 0 saturated heterocycles. The molecule has 0 aliphatic rings. The van der Waals surface area contributed by atoms with E-state index in [-0.39, 0.29) is 13.2 Å². The van der Waals surface area contributed by atoms with E-state index in [0.717, 1.165) is 22.3 Å². The van der Waals surface area contributed by atoms with Gasteiger partial charge in [-0.15, -0.1) is 0 Å². The first kappa shape index (κ1) is 14.4. The predicted molar refractivity (Wildman–Crippen MR) is 76.2 cm³/mol. The zero-order valence-electron chi connectivity index (χ0n) is 9.70. The number of aryl methyl sites for hydroxylation is 1. The molecular formula is C15H16ClNO. The van der Waals surface area contributed by atoms with Crippen molar-refractivity contribution in [3.63, 3.8) is 0 Å². The first-order valence-corrected chi connectivity index (χ1v) is 5.69. The number of carbonyl (C=O) groups is 1. The van der Waals surface area contributed by atoms with Gasteiger partial charge in [-0.1, -0.05) is 37.2 Å². The summed E-state index contributed by atoms with van der Waals surface area (Å²) in [5.74, 6) is 0.0786. The summed E-state index contributed by atoms with van der Waals surface area (Å²) < 4.78 is 0. The maximum Gasteiger partial charge on any atom is 0.160 e. The van der Waals surface area contributed by atoms with Crippen LogP contribution in [0.15, 0.2) is 36.7 Å². The number of halogens is 1. The first-order valence-electron chi connectivity index (χ1n) is 5.31. The van der Waals surface area contributed by atoms with Crippen LogP contribution in [0.25, 0.3) is 11.1 Å². The van der Waals surface area contributed by atoms with Crippen LogP contribution in [0.5, 0.6) is 0 Å². The van der Waals surface area contributed by atoms with E-state index in [0.29, 0.717) is 5.02 Å². The van der Waals surface area contributed by atoms with E-state index in [2.05, 4.69) is 4.98 Å². The number of benzene rings is 1. The van der Waals surface area contributed by atoms with Gasteiger partial charge in [-0.2, -0.15) is 0 Å². The fourth-order valence-corrected chi connectivity index (χ4v) is 2.06. The Hall–Kier alpha value is -1.67. The van der Waals surface area contributed by atoms with Crippen LogP contribution in [0.2, 0.25) is 5.02 Å². The van der Waals surface area contributed by atoms with Crippen LogP contribution >= 0.6 is 11.6 Å². The van der Waals surface area contributed by atoms with Gasteiger partial charge < -0.3 is 0 Å². The zero-order chi connectivity index (χ0) is 12.4. The highest BCUT2D eigenvalue weighted by molar-refractivity contribution is 6.33. The van der Waals surface area contributed by atoms with Gasteiger partial charge in [-0.3, -0.25) is 9.78 Å². The second kappa shape index (κ2) is 5.78. The van der Waals surface area contributed by atoms with E-state index < -0.39 is 0 Å². The topological polar surface area (TPSA) is 30.0 Å². The average Bonchev–Trinajstić information content (AvgIpc) is 2.29. The summed E-state index contributed by atoms with van der Waals surface area (Å²) >= 11 is 6.08. The summed E-state index contributed by atoms with van der Waals surface area (Å²) in [6.07, 6.45) is 3.32. The third-order valence-corrected chi connectivity index (χ3v) is 2.99. The van der Waals surface area contributed by atoms with Gasteiger partial charge in [0.05, 0.1) is 5.02 Å². The van der Waals surface area contributed by atoms with Crippen LogP contribution in [0.4, 0.5) is 0 Å². The molecule has 3 heteroatoms. The highest BCUT2D eigenvalue weighted by Crippen LogP contribution is 2.28. The number of carbonyl (C=O) groups excluding carboxylic acids is 1. The standard InChI is InChI=1S/C14H12ClNO.CH4/c1-9-7-11(3-4-12(9)10(2)17)13-5-6-16-8-14(13)15;/h3-8H,1-2H3;1H4. The molecule has 0 bridgehead atoms. The number of ketones is 1. The van der Waals surface area contributed by atoms with Crippen molar-refractivity contribution in [2.75, 3.05) is 0 Å². The van der Waals surface area contributed by atoms with Crippen molar-refractivity contribution in [1.29, 1.82) is 0 Å². The normalized spacial score (nSPS) is 9.72. The van der Waals surface area contributed by atoms with E-state index in [1.807, 2.05) is 31.2 Å². The average molecular weight is 262 g/mol. The molecule has 2 nitrogen and oxygen atoms in total. The molecule has 0 aliphatic carbocycles. The van der Waals surface area contributed by atoms with Crippen molar-refractivity contribution >= 4 is 17.4 Å². The second-order valence-electron chi connectivity index (χ2n) is 3.94. The molecule has 18 heavy (non-hydrogen) atoms. The maximum atomic E-state index is 11.3. The van der Waals surface area contributed by atoms with Crippen LogP contribution in [-0.4, -0.2) is 10.8 Å². The van der Waals surface area contributed by atoms with Crippen molar-refractivity contribution < 1.29 is 4.79 Å². The minimum atomic E-state index is 0. The quantitative estimate of drug-likeness (QED) is 0.743. The third kappa shape index (κ3) is 2.77. The van der Waals surface area contributed by atoms with Crippen LogP contribution in [0.3, 0.4) is 0 Å². The summed E-state index contributed by atoms with van der Waals surface area (Å²) in [7, 11) is 0. The van der Waals surface area contributed by atoms with Crippen molar-refractivity contribution in [1.82, 2.24) is 4.98 Å². The Labute approximate surface area is 113 Å². The smallest absolute Gasteiger partial charge is 0.160 e. The van der Waals surface area contributed by atoms with Gasteiger partial charge in [0.15, 0.2) is 5.78 Å². The van der Waals surface area contributed by atoms with Gasteiger partial charge in [0.2, 0.25) is 0 Å². The SMILES string of the molecule is C.CC(=O)c1ccc(-c2ccncc2Cl)cc1C. The molecular weight excluding hydrogens is 246 g/mol. The van der Waals surface area contributed by atoms with Gasteiger partial charge in [0.25, 0.3) is 0 Å². The number of rotatable bonds is 2. The van der Waals surface area contributed by atoms with Gasteiger partial charge >= 0.3 is 0 Å². The molecule has 0 fully saturated rings. The molecule has 2 rings (SSSR count). The molecule has 0 radical (unpaired) electrons. The van der Waals surface area contributed by atoms with Crippen LogP contribution in [0.1, 0.15) is 30.3 Å². The lowest BCUT2D eigenvalue weighted by atomic mass is 9.99. The molecule has 1 aromatic heterocycles. The molecule has 0 amide bonds. The van der Waals surface area contributed by atoms with E-state index in [1.54, 1.807) is 19.3 Å². The number of nitrogens with zero attached hydrogens (tertiary/aromatic N) is 1. The Morgan fingerprint density at radius 1 is 1.28 bits per heavy atom. The molecule has 0 atom stereocenters. The highest BCUT2D eigenvalue weighted by atomic mass is 35.5. The molecule has 0 saturated carbocycles. The molecule has 2 aromatic rings. The lowest BCUT2D eigenvalue weighted by molar-refractivity contribution is 0.101. The number of hydrogen-bond acceptors (Lipinski definition) is 2. The lowest BCUT2D eigenvalue weighted by Crippen LogP contribution is -1.96. The van der Waals surface area contributed by atoms with Gasteiger partial charge in [-0.05, 0) is 31.0 Å². The van der Waals surface area contributed by atoms with E-state index >= 15 is 0 Å². The Morgan fingerprint density at radius 2 is 2.00 bits per heavy atom. The third-order valence-electron chi connectivity index (χ3n) is 2.69. The number of pyridine rings is 1.